The number of carbonyl (C=O) groups is 1. The van der Waals surface area contributed by atoms with Crippen molar-refractivity contribution in [1.29, 1.82) is 0 Å². The highest BCUT2D eigenvalue weighted by Crippen LogP contribution is 2.26. The summed E-state index contributed by atoms with van der Waals surface area (Å²) >= 11 is 0. The Kier molecular flexibility index (Phi) is 7.29. The fourth-order valence-corrected chi connectivity index (χ4v) is 3.24. The summed E-state index contributed by atoms with van der Waals surface area (Å²) in [7, 11) is 0. The number of nitrogens with zero attached hydrogens (tertiary/aromatic N) is 1. The molecule has 2 atom stereocenters. The number of alkyl halides is 3. The van der Waals surface area contributed by atoms with Gasteiger partial charge in [0.25, 0.3) is 0 Å². The van der Waals surface area contributed by atoms with E-state index in [0.717, 1.165) is 17.7 Å². The van der Waals surface area contributed by atoms with Crippen molar-refractivity contribution in [3.8, 4) is 5.75 Å². The largest absolute Gasteiger partial charge is 0.573 e. The number of rotatable bonds is 5. The van der Waals surface area contributed by atoms with Gasteiger partial charge in [-0.05, 0) is 29.8 Å². The maximum Gasteiger partial charge on any atom is 0.573 e. The number of nitrogens with two attached hydrogens (primary N) is 1. The van der Waals surface area contributed by atoms with E-state index < -0.39 is 6.36 Å². The van der Waals surface area contributed by atoms with Gasteiger partial charge < -0.3 is 15.8 Å². The first-order chi connectivity index (χ1) is 12.8. The fraction of sp³-hybridized carbons (Fsp3) is 0.316. The Labute approximate surface area is 167 Å². The molecule has 152 valence electrons. The van der Waals surface area contributed by atoms with Gasteiger partial charge in [-0.2, -0.15) is 0 Å². The topological polar surface area (TPSA) is 67.6 Å². The van der Waals surface area contributed by atoms with Gasteiger partial charge in [0.05, 0.1) is 6.54 Å². The Morgan fingerprint density at radius 1 is 1.11 bits per heavy atom. The van der Waals surface area contributed by atoms with E-state index in [1.807, 2.05) is 35.2 Å². The molecule has 3 rings (SSSR count). The van der Waals surface area contributed by atoms with Crippen LogP contribution in [0.25, 0.3) is 0 Å². The number of halogens is 4. The van der Waals surface area contributed by atoms with Crippen molar-refractivity contribution in [2.75, 3.05) is 25.0 Å². The van der Waals surface area contributed by atoms with E-state index in [2.05, 4.69) is 10.1 Å². The van der Waals surface area contributed by atoms with Gasteiger partial charge in [-0.1, -0.05) is 30.3 Å². The van der Waals surface area contributed by atoms with Gasteiger partial charge in [0.2, 0.25) is 5.91 Å². The van der Waals surface area contributed by atoms with E-state index in [9.17, 15) is 18.0 Å². The SMILES string of the molecule is Cl.N[C@@H]1CN(CC(=O)Nc2ccc(OC(F)(F)F)cc2)C[C@H]1c1ccccc1. The van der Waals surface area contributed by atoms with Crippen LogP contribution in [0, 0.1) is 0 Å². The van der Waals surface area contributed by atoms with Crippen LogP contribution in [-0.2, 0) is 4.79 Å². The number of ether oxygens (including phenoxy) is 1. The van der Waals surface area contributed by atoms with Gasteiger partial charge in [-0.25, -0.2) is 0 Å². The molecule has 3 N–H and O–H groups in total. The minimum Gasteiger partial charge on any atom is -0.406 e. The van der Waals surface area contributed by atoms with Crippen molar-refractivity contribution in [2.24, 2.45) is 5.73 Å². The van der Waals surface area contributed by atoms with Gasteiger partial charge in [-0.15, -0.1) is 25.6 Å². The first-order valence-corrected chi connectivity index (χ1v) is 8.49. The maximum atomic E-state index is 12.2. The second-order valence-corrected chi connectivity index (χ2v) is 6.50. The van der Waals surface area contributed by atoms with E-state index in [0.29, 0.717) is 18.8 Å². The Balaban J connectivity index is 0.00000280. The summed E-state index contributed by atoms with van der Waals surface area (Å²) in [5.74, 6) is -0.421. The minimum absolute atomic E-state index is 0. The summed E-state index contributed by atoms with van der Waals surface area (Å²) in [4.78, 5) is 14.2. The predicted molar refractivity (Wildman–Crippen MR) is 103 cm³/mol. The molecule has 5 nitrogen and oxygen atoms in total. The van der Waals surface area contributed by atoms with Crippen molar-refractivity contribution in [3.05, 3.63) is 60.2 Å². The molecule has 1 saturated heterocycles. The Bertz CT molecular complexity index is 772. The molecule has 0 saturated carbocycles. The van der Waals surface area contributed by atoms with Crippen LogP contribution < -0.4 is 15.8 Å². The number of amides is 1. The van der Waals surface area contributed by atoms with Gasteiger partial charge >= 0.3 is 6.36 Å². The smallest absolute Gasteiger partial charge is 0.406 e. The molecule has 0 bridgehead atoms. The molecule has 28 heavy (non-hydrogen) atoms. The molecule has 2 aromatic rings. The van der Waals surface area contributed by atoms with Gasteiger partial charge in [0.1, 0.15) is 5.75 Å². The van der Waals surface area contributed by atoms with Crippen molar-refractivity contribution >= 4 is 24.0 Å². The van der Waals surface area contributed by atoms with E-state index in [1.54, 1.807) is 0 Å². The number of hydrogen-bond acceptors (Lipinski definition) is 4. The normalized spacial score (nSPS) is 19.7. The second-order valence-electron chi connectivity index (χ2n) is 6.50. The fourth-order valence-electron chi connectivity index (χ4n) is 3.24. The third kappa shape index (κ3) is 6.12. The van der Waals surface area contributed by atoms with Crippen LogP contribution in [0.2, 0.25) is 0 Å². The summed E-state index contributed by atoms with van der Waals surface area (Å²) in [6.07, 6.45) is -4.74. The van der Waals surface area contributed by atoms with E-state index >= 15 is 0 Å². The molecule has 0 aromatic heterocycles. The summed E-state index contributed by atoms with van der Waals surface area (Å²) in [6, 6.07) is 14.9. The molecule has 0 radical (unpaired) electrons. The summed E-state index contributed by atoms with van der Waals surface area (Å²) in [6.45, 7) is 1.44. The highest BCUT2D eigenvalue weighted by molar-refractivity contribution is 5.92. The molecular weight excluding hydrogens is 395 g/mol. The number of hydrogen-bond donors (Lipinski definition) is 2. The highest BCUT2D eigenvalue weighted by Gasteiger charge is 2.32. The molecular formula is C19H21ClF3N3O2. The maximum absolute atomic E-state index is 12.2. The first-order valence-electron chi connectivity index (χ1n) is 8.49. The lowest BCUT2D eigenvalue weighted by molar-refractivity contribution is -0.274. The molecule has 0 aliphatic carbocycles. The number of nitrogens with one attached hydrogen (secondary N) is 1. The number of likely N-dealkylation sites (tertiary alicyclic amines) is 1. The molecule has 1 aliphatic rings. The third-order valence-electron chi connectivity index (χ3n) is 4.41. The van der Waals surface area contributed by atoms with Crippen molar-refractivity contribution in [2.45, 2.75) is 18.3 Å². The zero-order valence-corrected chi connectivity index (χ0v) is 15.7. The zero-order valence-electron chi connectivity index (χ0n) is 14.9. The molecule has 1 fully saturated rings. The molecule has 0 unspecified atom stereocenters. The highest BCUT2D eigenvalue weighted by atomic mass is 35.5. The van der Waals surface area contributed by atoms with Crippen LogP contribution in [0.4, 0.5) is 18.9 Å². The monoisotopic (exact) mass is 415 g/mol. The van der Waals surface area contributed by atoms with Gasteiger partial charge in [0, 0.05) is 30.7 Å². The Hall–Kier alpha value is -2.29. The van der Waals surface area contributed by atoms with Crippen molar-refractivity contribution in [1.82, 2.24) is 4.90 Å². The Morgan fingerprint density at radius 2 is 1.75 bits per heavy atom. The standard InChI is InChI=1S/C19H20F3N3O2.ClH/c20-19(21,22)27-15-8-6-14(7-9-15)24-18(26)12-25-10-16(17(23)11-25)13-4-2-1-3-5-13;/h1-9,16-17H,10-12,23H2,(H,24,26);1H/t16-,17+;/m0./s1. The number of anilines is 1. The molecule has 1 aliphatic heterocycles. The van der Waals surface area contributed by atoms with Crippen LogP contribution in [-0.4, -0.2) is 42.8 Å². The van der Waals surface area contributed by atoms with Gasteiger partial charge in [0.15, 0.2) is 0 Å². The number of benzene rings is 2. The van der Waals surface area contributed by atoms with Crippen molar-refractivity contribution < 1.29 is 22.7 Å². The lowest BCUT2D eigenvalue weighted by Gasteiger charge is -2.16. The third-order valence-corrected chi connectivity index (χ3v) is 4.41. The van der Waals surface area contributed by atoms with E-state index in [4.69, 9.17) is 5.73 Å². The molecule has 9 heteroatoms. The minimum atomic E-state index is -4.74. The lowest BCUT2D eigenvalue weighted by Crippen LogP contribution is -2.33. The van der Waals surface area contributed by atoms with Crippen LogP contribution in [0.15, 0.2) is 54.6 Å². The number of carbonyl (C=O) groups excluding carboxylic acids is 1. The van der Waals surface area contributed by atoms with Crippen LogP contribution in [0.5, 0.6) is 5.75 Å². The predicted octanol–water partition coefficient (Wildman–Crippen LogP) is 3.37. The van der Waals surface area contributed by atoms with E-state index in [-0.39, 0.29) is 42.6 Å². The summed E-state index contributed by atoms with van der Waals surface area (Å²) in [5, 5.41) is 2.67. The van der Waals surface area contributed by atoms with Gasteiger partial charge in [-0.3, -0.25) is 9.69 Å². The summed E-state index contributed by atoms with van der Waals surface area (Å²) in [5.41, 5.74) is 7.76. The first kappa shape index (κ1) is 22.0. The molecule has 2 aromatic carbocycles. The lowest BCUT2D eigenvalue weighted by atomic mass is 9.95. The van der Waals surface area contributed by atoms with Crippen LogP contribution in [0.1, 0.15) is 11.5 Å². The second kappa shape index (κ2) is 9.27. The molecule has 1 heterocycles. The van der Waals surface area contributed by atoms with Crippen LogP contribution in [0.3, 0.4) is 0 Å². The van der Waals surface area contributed by atoms with Crippen LogP contribution >= 0.6 is 12.4 Å². The quantitative estimate of drug-likeness (QED) is 0.785. The summed E-state index contributed by atoms with van der Waals surface area (Å²) < 4.78 is 40.3. The van der Waals surface area contributed by atoms with E-state index in [1.165, 1.54) is 12.1 Å². The Morgan fingerprint density at radius 3 is 2.36 bits per heavy atom. The molecule has 0 spiro atoms. The average molecular weight is 416 g/mol. The molecule has 1 amide bonds. The zero-order chi connectivity index (χ0) is 19.4. The van der Waals surface area contributed by atoms with Crippen molar-refractivity contribution in [3.63, 3.8) is 0 Å². The average Bonchev–Trinajstić information content (AvgIpc) is 2.96.